The number of fused-ring (bicyclic) bond motifs is 1. The summed E-state index contributed by atoms with van der Waals surface area (Å²) >= 11 is 0. The first-order valence-corrected chi connectivity index (χ1v) is 6.27. The first-order chi connectivity index (χ1) is 8.58. The van der Waals surface area contributed by atoms with Gasteiger partial charge >= 0.3 is 0 Å². The third-order valence-corrected chi connectivity index (χ3v) is 3.24. The third-order valence-electron chi connectivity index (χ3n) is 3.24. The third kappa shape index (κ3) is 2.94. The number of hydrogen-bond donors (Lipinski definition) is 1. The van der Waals surface area contributed by atoms with E-state index >= 15 is 0 Å². The van der Waals surface area contributed by atoms with E-state index in [0.29, 0.717) is 18.3 Å². The van der Waals surface area contributed by atoms with Crippen molar-refractivity contribution in [1.82, 2.24) is 0 Å². The highest BCUT2D eigenvalue weighted by molar-refractivity contribution is 5.45. The van der Waals surface area contributed by atoms with Gasteiger partial charge in [0.15, 0.2) is 11.5 Å². The fourth-order valence-corrected chi connectivity index (χ4v) is 1.65. The van der Waals surface area contributed by atoms with Gasteiger partial charge < -0.3 is 19.3 Å². The lowest BCUT2D eigenvalue weighted by Gasteiger charge is -2.19. The van der Waals surface area contributed by atoms with Gasteiger partial charge in [0.2, 0.25) is 6.79 Å². The molecule has 1 heterocycles. The van der Waals surface area contributed by atoms with Gasteiger partial charge in [-0.25, -0.2) is 0 Å². The molecule has 0 saturated heterocycles. The fraction of sp³-hybridized carbons (Fsp3) is 0.571. The first kappa shape index (κ1) is 13.2. The Labute approximate surface area is 107 Å². The molecule has 1 aliphatic heterocycles. The molecule has 0 fully saturated rings. The largest absolute Gasteiger partial charge is 0.454 e. The number of aliphatic hydroxyl groups excluding tert-OH is 1. The van der Waals surface area contributed by atoms with Crippen LogP contribution in [0.5, 0.6) is 11.5 Å². The van der Waals surface area contributed by atoms with E-state index in [9.17, 15) is 5.11 Å². The minimum atomic E-state index is -0.638. The predicted octanol–water partition coefficient (Wildman–Crippen LogP) is 2.51. The summed E-state index contributed by atoms with van der Waals surface area (Å²) in [6, 6.07) is 5.45. The summed E-state index contributed by atoms with van der Waals surface area (Å²) in [5, 5.41) is 10.1. The zero-order chi connectivity index (χ0) is 13.1. The van der Waals surface area contributed by atoms with Crippen molar-refractivity contribution in [3.8, 4) is 11.5 Å². The van der Waals surface area contributed by atoms with Gasteiger partial charge in [0.25, 0.3) is 0 Å². The SMILES string of the molecule is CC(C)C(C)OCC(O)c1ccc2c(c1)OCO2. The molecule has 4 heteroatoms. The van der Waals surface area contributed by atoms with Crippen LogP contribution in [-0.4, -0.2) is 24.6 Å². The van der Waals surface area contributed by atoms with Crippen LogP contribution >= 0.6 is 0 Å². The molecule has 2 unspecified atom stereocenters. The molecule has 0 radical (unpaired) electrons. The quantitative estimate of drug-likeness (QED) is 0.874. The standard InChI is InChI=1S/C14H20O4/c1-9(2)10(3)16-7-12(15)11-4-5-13-14(6-11)18-8-17-13/h4-6,9-10,12,15H,7-8H2,1-3H3. The monoisotopic (exact) mass is 252 g/mol. The Hall–Kier alpha value is -1.26. The molecule has 1 aliphatic rings. The summed E-state index contributed by atoms with van der Waals surface area (Å²) in [4.78, 5) is 0. The van der Waals surface area contributed by atoms with E-state index in [0.717, 1.165) is 11.3 Å². The van der Waals surface area contributed by atoms with E-state index in [1.54, 1.807) is 6.07 Å². The Balaban J connectivity index is 1.95. The Morgan fingerprint density at radius 1 is 1.22 bits per heavy atom. The first-order valence-electron chi connectivity index (χ1n) is 6.27. The molecule has 1 aromatic rings. The molecular weight excluding hydrogens is 232 g/mol. The number of ether oxygens (including phenoxy) is 3. The highest BCUT2D eigenvalue weighted by Gasteiger charge is 2.17. The highest BCUT2D eigenvalue weighted by Crippen LogP contribution is 2.34. The van der Waals surface area contributed by atoms with E-state index in [2.05, 4.69) is 13.8 Å². The van der Waals surface area contributed by atoms with Gasteiger partial charge in [-0.1, -0.05) is 19.9 Å². The van der Waals surface area contributed by atoms with Crippen LogP contribution < -0.4 is 9.47 Å². The predicted molar refractivity (Wildman–Crippen MR) is 67.8 cm³/mol. The zero-order valence-corrected chi connectivity index (χ0v) is 11.1. The molecule has 0 spiro atoms. The Kier molecular flexibility index (Phi) is 4.09. The lowest BCUT2D eigenvalue weighted by Crippen LogP contribution is -2.19. The Bertz CT molecular complexity index is 403. The summed E-state index contributed by atoms with van der Waals surface area (Å²) in [5.41, 5.74) is 0.787. The van der Waals surface area contributed by atoms with Gasteiger partial charge in [-0.15, -0.1) is 0 Å². The van der Waals surface area contributed by atoms with Gasteiger partial charge in [-0.05, 0) is 30.5 Å². The number of benzene rings is 1. The summed E-state index contributed by atoms with van der Waals surface area (Å²) in [6.45, 7) is 6.74. The van der Waals surface area contributed by atoms with Gasteiger partial charge in [-0.2, -0.15) is 0 Å². The van der Waals surface area contributed by atoms with Crippen molar-refractivity contribution in [1.29, 1.82) is 0 Å². The normalized spacial score (nSPS) is 16.9. The Morgan fingerprint density at radius 3 is 2.67 bits per heavy atom. The molecule has 0 bridgehead atoms. The molecule has 18 heavy (non-hydrogen) atoms. The lowest BCUT2D eigenvalue weighted by atomic mass is 10.1. The number of rotatable bonds is 5. The maximum Gasteiger partial charge on any atom is 0.231 e. The van der Waals surface area contributed by atoms with E-state index in [-0.39, 0.29) is 12.9 Å². The lowest BCUT2D eigenvalue weighted by molar-refractivity contribution is -0.0207. The summed E-state index contributed by atoms with van der Waals surface area (Å²) in [6.07, 6.45) is -0.505. The molecule has 0 aliphatic carbocycles. The van der Waals surface area contributed by atoms with Crippen LogP contribution in [0.25, 0.3) is 0 Å². The van der Waals surface area contributed by atoms with Crippen molar-refractivity contribution in [2.45, 2.75) is 33.0 Å². The van der Waals surface area contributed by atoms with Gasteiger partial charge in [0.05, 0.1) is 12.7 Å². The van der Waals surface area contributed by atoms with Crippen LogP contribution in [0.1, 0.15) is 32.4 Å². The van der Waals surface area contributed by atoms with Crippen molar-refractivity contribution in [3.63, 3.8) is 0 Å². The molecule has 2 rings (SSSR count). The van der Waals surface area contributed by atoms with Crippen LogP contribution in [0.4, 0.5) is 0 Å². The van der Waals surface area contributed by atoms with E-state index in [1.165, 1.54) is 0 Å². The maximum atomic E-state index is 10.1. The maximum absolute atomic E-state index is 10.1. The van der Waals surface area contributed by atoms with Crippen LogP contribution in [0.15, 0.2) is 18.2 Å². The average molecular weight is 252 g/mol. The van der Waals surface area contributed by atoms with Crippen LogP contribution in [0.2, 0.25) is 0 Å². The molecular formula is C14H20O4. The molecule has 1 N–H and O–H groups in total. The van der Waals surface area contributed by atoms with Crippen molar-refractivity contribution in [2.24, 2.45) is 5.92 Å². The fourth-order valence-electron chi connectivity index (χ4n) is 1.65. The van der Waals surface area contributed by atoms with E-state index < -0.39 is 6.10 Å². The second kappa shape index (κ2) is 5.59. The molecule has 4 nitrogen and oxygen atoms in total. The number of aliphatic hydroxyl groups is 1. The van der Waals surface area contributed by atoms with Gasteiger partial charge in [0.1, 0.15) is 6.10 Å². The van der Waals surface area contributed by atoms with Crippen LogP contribution in [0, 0.1) is 5.92 Å². The summed E-state index contributed by atoms with van der Waals surface area (Å²) in [7, 11) is 0. The number of hydrogen-bond acceptors (Lipinski definition) is 4. The molecule has 0 amide bonds. The Morgan fingerprint density at radius 2 is 1.94 bits per heavy atom. The van der Waals surface area contributed by atoms with E-state index in [1.807, 2.05) is 19.1 Å². The van der Waals surface area contributed by atoms with Gasteiger partial charge in [0, 0.05) is 0 Å². The summed E-state index contributed by atoms with van der Waals surface area (Å²) < 4.78 is 16.1. The van der Waals surface area contributed by atoms with Crippen molar-refractivity contribution in [3.05, 3.63) is 23.8 Å². The van der Waals surface area contributed by atoms with E-state index in [4.69, 9.17) is 14.2 Å². The van der Waals surface area contributed by atoms with Crippen LogP contribution in [-0.2, 0) is 4.74 Å². The topological polar surface area (TPSA) is 47.9 Å². The van der Waals surface area contributed by atoms with Crippen molar-refractivity contribution in [2.75, 3.05) is 13.4 Å². The molecule has 0 saturated carbocycles. The minimum Gasteiger partial charge on any atom is -0.454 e. The van der Waals surface area contributed by atoms with Crippen molar-refractivity contribution < 1.29 is 19.3 Å². The highest BCUT2D eigenvalue weighted by atomic mass is 16.7. The second-order valence-corrected chi connectivity index (χ2v) is 4.91. The summed E-state index contributed by atoms with van der Waals surface area (Å²) in [5.74, 6) is 1.85. The zero-order valence-electron chi connectivity index (χ0n) is 11.1. The second-order valence-electron chi connectivity index (χ2n) is 4.91. The smallest absolute Gasteiger partial charge is 0.231 e. The molecule has 1 aromatic carbocycles. The van der Waals surface area contributed by atoms with Crippen molar-refractivity contribution >= 4 is 0 Å². The average Bonchev–Trinajstić information content (AvgIpc) is 2.82. The molecule has 0 aromatic heterocycles. The molecule has 2 atom stereocenters. The van der Waals surface area contributed by atoms with Crippen LogP contribution in [0.3, 0.4) is 0 Å². The molecule has 100 valence electrons. The van der Waals surface area contributed by atoms with Gasteiger partial charge in [-0.3, -0.25) is 0 Å². The minimum absolute atomic E-state index is 0.133.